The van der Waals surface area contributed by atoms with E-state index >= 15 is 0 Å². The largest absolute Gasteiger partial charge is 0.379 e. The Morgan fingerprint density at radius 2 is 2.15 bits per heavy atom. The van der Waals surface area contributed by atoms with Crippen LogP contribution in [0.3, 0.4) is 0 Å². The molecule has 1 atom stereocenters. The zero-order chi connectivity index (χ0) is 19.2. The predicted molar refractivity (Wildman–Crippen MR) is 110 cm³/mol. The van der Waals surface area contributed by atoms with Crippen LogP contribution in [-0.4, -0.2) is 28.0 Å². The molecule has 0 saturated heterocycles. The molecule has 0 unspecified atom stereocenters. The number of hydrogen-bond acceptors (Lipinski definition) is 5. The lowest BCUT2D eigenvalue weighted by molar-refractivity contribution is 0.0748. The van der Waals surface area contributed by atoms with Gasteiger partial charge in [0.1, 0.15) is 0 Å². The van der Waals surface area contributed by atoms with Crippen molar-refractivity contribution in [2.24, 2.45) is 11.0 Å². The third-order valence-electron chi connectivity index (χ3n) is 5.03. The van der Waals surface area contributed by atoms with Crippen molar-refractivity contribution < 1.29 is 4.74 Å². The Morgan fingerprint density at radius 3 is 2.93 bits per heavy atom. The monoisotopic (exact) mass is 370 g/mol. The molecule has 1 aromatic carbocycles. The van der Waals surface area contributed by atoms with Crippen LogP contribution < -0.4 is 11.0 Å². The van der Waals surface area contributed by atoms with Crippen molar-refractivity contribution in [3.63, 3.8) is 0 Å². The van der Waals surface area contributed by atoms with E-state index in [-0.39, 0.29) is 11.7 Å². The number of rotatable bonds is 7. The van der Waals surface area contributed by atoms with Crippen LogP contribution in [0.2, 0.25) is 0 Å². The minimum Gasteiger partial charge on any atom is -0.379 e. The quantitative estimate of drug-likeness (QED) is 0.586. The second kappa shape index (κ2) is 9.13. The molecule has 0 radical (unpaired) electrons. The van der Waals surface area contributed by atoms with E-state index < -0.39 is 0 Å². The van der Waals surface area contributed by atoms with Gasteiger partial charge in [0.25, 0.3) is 5.56 Å². The summed E-state index contributed by atoms with van der Waals surface area (Å²) in [6.45, 7) is 7.40. The molecule has 1 saturated carbocycles. The highest BCUT2D eigenvalue weighted by Crippen LogP contribution is 2.21. The SMILES string of the molecule is CC(C)OCCCn1c(N/N=C2/CCCC[C@@H]2C)nc2ccccc2c1=O. The number of anilines is 1. The van der Waals surface area contributed by atoms with E-state index in [1.165, 1.54) is 25.0 Å². The fourth-order valence-electron chi connectivity index (χ4n) is 3.46. The highest BCUT2D eigenvalue weighted by molar-refractivity contribution is 5.87. The maximum Gasteiger partial charge on any atom is 0.262 e. The summed E-state index contributed by atoms with van der Waals surface area (Å²) in [5.41, 5.74) is 4.91. The third kappa shape index (κ3) is 4.95. The first-order chi connectivity index (χ1) is 13.1. The van der Waals surface area contributed by atoms with Gasteiger partial charge in [-0.05, 0) is 57.6 Å². The maximum absolute atomic E-state index is 13.0. The Hall–Kier alpha value is -2.21. The number of nitrogens with one attached hydrogen (secondary N) is 1. The summed E-state index contributed by atoms with van der Waals surface area (Å²) in [5.74, 6) is 0.986. The van der Waals surface area contributed by atoms with E-state index in [1.807, 2.05) is 38.1 Å². The molecular weight excluding hydrogens is 340 g/mol. The minimum absolute atomic E-state index is 0.0375. The van der Waals surface area contributed by atoms with Gasteiger partial charge in [-0.15, -0.1) is 0 Å². The topological polar surface area (TPSA) is 68.5 Å². The average Bonchev–Trinajstić information content (AvgIpc) is 2.66. The normalized spacial score (nSPS) is 19.1. The van der Waals surface area contributed by atoms with Crippen LogP contribution in [0.25, 0.3) is 10.9 Å². The Balaban J connectivity index is 1.87. The first-order valence-corrected chi connectivity index (χ1v) is 10.00. The molecule has 3 rings (SSSR count). The van der Waals surface area contributed by atoms with Crippen molar-refractivity contribution in [3.05, 3.63) is 34.6 Å². The van der Waals surface area contributed by atoms with Crippen LogP contribution in [0.5, 0.6) is 0 Å². The molecule has 0 bridgehead atoms. The van der Waals surface area contributed by atoms with E-state index in [0.717, 1.165) is 12.8 Å². The van der Waals surface area contributed by atoms with Crippen LogP contribution in [0.15, 0.2) is 34.2 Å². The zero-order valence-corrected chi connectivity index (χ0v) is 16.6. The summed E-state index contributed by atoms with van der Waals surface area (Å²) in [6, 6.07) is 7.46. The molecule has 1 aromatic heterocycles. The Morgan fingerprint density at radius 1 is 1.33 bits per heavy atom. The molecule has 1 N–H and O–H groups in total. The number of ether oxygens (including phenoxy) is 1. The van der Waals surface area contributed by atoms with Crippen LogP contribution in [0.1, 0.15) is 52.9 Å². The van der Waals surface area contributed by atoms with Crippen molar-refractivity contribution in [2.45, 2.75) is 65.5 Å². The van der Waals surface area contributed by atoms with Gasteiger partial charge in [-0.2, -0.15) is 5.10 Å². The zero-order valence-electron chi connectivity index (χ0n) is 16.6. The van der Waals surface area contributed by atoms with Gasteiger partial charge < -0.3 is 4.74 Å². The van der Waals surface area contributed by atoms with Gasteiger partial charge in [0.05, 0.1) is 17.0 Å². The molecule has 6 heteroatoms. The van der Waals surface area contributed by atoms with Gasteiger partial charge in [0.2, 0.25) is 5.95 Å². The fourth-order valence-corrected chi connectivity index (χ4v) is 3.46. The minimum atomic E-state index is -0.0375. The number of benzene rings is 1. The number of para-hydroxylation sites is 1. The summed E-state index contributed by atoms with van der Waals surface area (Å²) >= 11 is 0. The van der Waals surface area contributed by atoms with Crippen LogP contribution >= 0.6 is 0 Å². The molecule has 6 nitrogen and oxygen atoms in total. The Labute approximate surface area is 160 Å². The smallest absolute Gasteiger partial charge is 0.262 e. The average molecular weight is 370 g/mol. The number of aromatic nitrogens is 2. The molecule has 1 aliphatic rings. The maximum atomic E-state index is 13.0. The fraction of sp³-hybridized carbons (Fsp3) is 0.571. The van der Waals surface area contributed by atoms with E-state index in [4.69, 9.17) is 4.74 Å². The molecule has 0 spiro atoms. The summed E-state index contributed by atoms with van der Waals surface area (Å²) < 4.78 is 7.30. The predicted octanol–water partition coefficient (Wildman–Crippen LogP) is 4.19. The Kier molecular flexibility index (Phi) is 6.61. The molecule has 1 fully saturated rings. The molecule has 1 heterocycles. The number of fused-ring (bicyclic) bond motifs is 1. The molecule has 1 aliphatic carbocycles. The van der Waals surface area contributed by atoms with Gasteiger partial charge in [0, 0.05) is 18.9 Å². The van der Waals surface area contributed by atoms with E-state index in [1.54, 1.807) is 4.57 Å². The first-order valence-electron chi connectivity index (χ1n) is 10.00. The summed E-state index contributed by atoms with van der Waals surface area (Å²) in [7, 11) is 0. The van der Waals surface area contributed by atoms with E-state index in [2.05, 4.69) is 22.4 Å². The summed E-state index contributed by atoms with van der Waals surface area (Å²) in [4.78, 5) is 17.6. The van der Waals surface area contributed by atoms with Gasteiger partial charge >= 0.3 is 0 Å². The molecule has 2 aromatic rings. The summed E-state index contributed by atoms with van der Waals surface area (Å²) in [6.07, 6.45) is 5.55. The molecule has 27 heavy (non-hydrogen) atoms. The van der Waals surface area contributed by atoms with Gasteiger partial charge in [-0.3, -0.25) is 9.36 Å². The second-order valence-electron chi connectivity index (χ2n) is 7.54. The van der Waals surface area contributed by atoms with Crippen molar-refractivity contribution in [3.8, 4) is 0 Å². The molecule has 0 aliphatic heterocycles. The number of nitrogens with zero attached hydrogens (tertiary/aromatic N) is 3. The van der Waals surface area contributed by atoms with Crippen LogP contribution in [0.4, 0.5) is 5.95 Å². The van der Waals surface area contributed by atoms with Crippen molar-refractivity contribution in [1.82, 2.24) is 9.55 Å². The van der Waals surface area contributed by atoms with Crippen molar-refractivity contribution >= 4 is 22.6 Å². The molecule has 146 valence electrons. The lowest BCUT2D eigenvalue weighted by atomic mass is 9.89. The third-order valence-corrected chi connectivity index (χ3v) is 5.03. The van der Waals surface area contributed by atoms with E-state index in [9.17, 15) is 4.79 Å². The van der Waals surface area contributed by atoms with E-state index in [0.29, 0.717) is 35.9 Å². The van der Waals surface area contributed by atoms with Crippen LogP contribution in [-0.2, 0) is 11.3 Å². The lowest BCUT2D eigenvalue weighted by Gasteiger charge is -2.20. The van der Waals surface area contributed by atoms with Gasteiger partial charge in [-0.25, -0.2) is 10.4 Å². The highest BCUT2D eigenvalue weighted by atomic mass is 16.5. The van der Waals surface area contributed by atoms with Gasteiger partial charge in [-0.1, -0.05) is 25.5 Å². The van der Waals surface area contributed by atoms with Crippen molar-refractivity contribution in [1.29, 1.82) is 0 Å². The lowest BCUT2D eigenvalue weighted by Crippen LogP contribution is -2.26. The van der Waals surface area contributed by atoms with Crippen LogP contribution in [0, 0.1) is 5.92 Å². The second-order valence-corrected chi connectivity index (χ2v) is 7.54. The highest BCUT2D eigenvalue weighted by Gasteiger charge is 2.16. The summed E-state index contributed by atoms with van der Waals surface area (Å²) in [5, 5.41) is 5.24. The van der Waals surface area contributed by atoms with Gasteiger partial charge in [0.15, 0.2) is 0 Å². The number of hydrogen-bond donors (Lipinski definition) is 1. The molecule has 0 amide bonds. The number of hydrazone groups is 1. The molecular formula is C21H30N4O2. The Bertz CT molecular complexity index is 857. The van der Waals surface area contributed by atoms with Crippen molar-refractivity contribution in [2.75, 3.05) is 12.0 Å². The first kappa shape index (κ1) is 19.5. The standard InChI is InChI=1S/C21H30N4O2/c1-15(2)27-14-8-13-25-20(26)17-10-5-7-12-19(17)22-21(25)24-23-18-11-6-4-9-16(18)3/h5,7,10,12,15-16H,4,6,8-9,11,13-14H2,1-3H3,(H,22,24)/b23-18-/t16-/m0/s1.